The Bertz CT molecular complexity index is 185. The van der Waals surface area contributed by atoms with Crippen LogP contribution in [0, 0.1) is 17.8 Å². The van der Waals surface area contributed by atoms with Crippen molar-refractivity contribution >= 4 is 0 Å². The normalized spacial score (nSPS) is 51.8. The summed E-state index contributed by atoms with van der Waals surface area (Å²) in [6.07, 6.45) is 10.1. The lowest BCUT2D eigenvalue weighted by atomic mass is 9.78. The fraction of sp³-hybridized carbons (Fsp3) is 1.00. The van der Waals surface area contributed by atoms with Crippen molar-refractivity contribution in [3.63, 3.8) is 0 Å². The van der Waals surface area contributed by atoms with Gasteiger partial charge in [0.25, 0.3) is 0 Å². The van der Waals surface area contributed by atoms with Gasteiger partial charge in [-0.25, -0.2) is 0 Å². The first-order chi connectivity index (χ1) is 5.81. The van der Waals surface area contributed by atoms with E-state index >= 15 is 0 Å². The van der Waals surface area contributed by atoms with Crippen molar-refractivity contribution in [3.05, 3.63) is 0 Å². The van der Waals surface area contributed by atoms with Crippen molar-refractivity contribution in [1.82, 2.24) is 0 Å². The molecular weight excluding hydrogens is 146 g/mol. The van der Waals surface area contributed by atoms with E-state index in [2.05, 4.69) is 0 Å². The Morgan fingerprint density at radius 3 is 2.08 bits per heavy atom. The van der Waals surface area contributed by atoms with Crippen molar-refractivity contribution in [3.8, 4) is 0 Å². The molecule has 2 N–H and O–H groups in total. The predicted octanol–water partition coefficient (Wildman–Crippen LogP) is 2.30. The van der Waals surface area contributed by atoms with Crippen molar-refractivity contribution in [2.45, 2.75) is 50.5 Å². The van der Waals surface area contributed by atoms with Gasteiger partial charge in [0.15, 0.2) is 0 Å². The monoisotopic (exact) mass is 165 g/mol. The average Bonchev–Trinajstić information content (AvgIpc) is 2.49. The van der Waals surface area contributed by atoms with Crippen LogP contribution in [-0.4, -0.2) is 5.54 Å². The van der Waals surface area contributed by atoms with Gasteiger partial charge in [-0.1, -0.05) is 25.7 Å². The highest BCUT2D eigenvalue weighted by atomic mass is 14.9. The zero-order valence-corrected chi connectivity index (χ0v) is 7.76. The maximum atomic E-state index is 6.41. The molecule has 68 valence electrons. The van der Waals surface area contributed by atoms with Gasteiger partial charge in [-0.05, 0) is 37.0 Å². The van der Waals surface area contributed by atoms with E-state index in [4.69, 9.17) is 5.73 Å². The summed E-state index contributed by atoms with van der Waals surface area (Å²) in [6, 6.07) is 0. The van der Waals surface area contributed by atoms with Gasteiger partial charge in [-0.2, -0.15) is 0 Å². The van der Waals surface area contributed by atoms with Crippen LogP contribution in [0.3, 0.4) is 0 Å². The lowest BCUT2D eigenvalue weighted by Crippen LogP contribution is -2.33. The van der Waals surface area contributed by atoms with E-state index < -0.39 is 0 Å². The fourth-order valence-corrected chi connectivity index (χ4v) is 3.63. The summed E-state index contributed by atoms with van der Waals surface area (Å²) in [6.45, 7) is 0. The van der Waals surface area contributed by atoms with Crippen LogP contribution < -0.4 is 5.73 Å². The van der Waals surface area contributed by atoms with E-state index in [0.717, 1.165) is 17.8 Å². The van der Waals surface area contributed by atoms with E-state index in [0.29, 0.717) is 5.54 Å². The minimum atomic E-state index is 0.337. The Labute approximate surface area is 74.7 Å². The van der Waals surface area contributed by atoms with E-state index in [-0.39, 0.29) is 0 Å². The topological polar surface area (TPSA) is 26.0 Å². The lowest BCUT2D eigenvalue weighted by Gasteiger charge is -2.29. The molecule has 0 aromatic carbocycles. The number of rotatable bonds is 2. The molecule has 0 aromatic rings. The van der Waals surface area contributed by atoms with Crippen molar-refractivity contribution in [2.75, 3.05) is 0 Å². The smallest absolute Gasteiger partial charge is 0.0220 e. The number of fused-ring (bicyclic) bond motifs is 1. The zero-order chi connectivity index (χ0) is 8.18. The molecule has 3 fully saturated rings. The maximum absolute atomic E-state index is 6.41. The Morgan fingerprint density at radius 2 is 1.58 bits per heavy atom. The Morgan fingerprint density at radius 1 is 1.00 bits per heavy atom. The Balaban J connectivity index is 1.62. The molecule has 2 atom stereocenters. The average molecular weight is 165 g/mol. The summed E-state index contributed by atoms with van der Waals surface area (Å²) < 4.78 is 0. The zero-order valence-electron chi connectivity index (χ0n) is 7.76. The molecule has 12 heavy (non-hydrogen) atoms. The van der Waals surface area contributed by atoms with Crippen LogP contribution in [0.5, 0.6) is 0 Å². The molecule has 0 radical (unpaired) electrons. The second-order valence-electron chi connectivity index (χ2n) is 5.26. The summed E-state index contributed by atoms with van der Waals surface area (Å²) in [5.41, 5.74) is 6.74. The quantitative estimate of drug-likeness (QED) is 0.667. The molecule has 3 saturated carbocycles. The van der Waals surface area contributed by atoms with Crippen LogP contribution in [0.2, 0.25) is 0 Å². The molecular formula is C11H19N. The minimum absolute atomic E-state index is 0.337. The second kappa shape index (κ2) is 2.25. The molecule has 1 nitrogen and oxygen atoms in total. The third-order valence-electron chi connectivity index (χ3n) is 4.65. The van der Waals surface area contributed by atoms with Gasteiger partial charge in [0, 0.05) is 5.54 Å². The van der Waals surface area contributed by atoms with E-state index in [9.17, 15) is 0 Å². The van der Waals surface area contributed by atoms with Gasteiger partial charge < -0.3 is 5.73 Å². The van der Waals surface area contributed by atoms with Crippen molar-refractivity contribution in [2.24, 2.45) is 23.5 Å². The van der Waals surface area contributed by atoms with Crippen LogP contribution in [0.4, 0.5) is 0 Å². The molecule has 0 amide bonds. The third-order valence-corrected chi connectivity index (χ3v) is 4.65. The predicted molar refractivity (Wildman–Crippen MR) is 49.7 cm³/mol. The van der Waals surface area contributed by atoms with Gasteiger partial charge in [0.2, 0.25) is 0 Å². The third kappa shape index (κ3) is 0.834. The fourth-order valence-electron chi connectivity index (χ4n) is 3.63. The number of hydrogen-bond donors (Lipinski definition) is 1. The molecule has 0 heterocycles. The molecule has 3 rings (SSSR count). The van der Waals surface area contributed by atoms with Crippen molar-refractivity contribution in [1.29, 1.82) is 0 Å². The number of nitrogens with two attached hydrogens (primary N) is 1. The van der Waals surface area contributed by atoms with E-state index in [1.165, 1.54) is 44.9 Å². The molecule has 0 saturated heterocycles. The number of hydrogen-bond acceptors (Lipinski definition) is 1. The summed E-state index contributed by atoms with van der Waals surface area (Å²) in [4.78, 5) is 0. The van der Waals surface area contributed by atoms with Gasteiger partial charge in [0.1, 0.15) is 0 Å². The van der Waals surface area contributed by atoms with Crippen LogP contribution >= 0.6 is 0 Å². The summed E-state index contributed by atoms with van der Waals surface area (Å²) in [5, 5.41) is 0. The summed E-state index contributed by atoms with van der Waals surface area (Å²) in [7, 11) is 0. The maximum Gasteiger partial charge on any atom is 0.0220 e. The molecule has 3 aliphatic rings. The largest absolute Gasteiger partial charge is 0.325 e. The Kier molecular flexibility index (Phi) is 1.39. The Hall–Kier alpha value is -0.0400. The SMILES string of the molecule is NC1(CC2CCC2)C2CCCC21. The first-order valence-electron chi connectivity index (χ1n) is 5.59. The summed E-state index contributed by atoms with van der Waals surface area (Å²) >= 11 is 0. The molecule has 0 aliphatic heterocycles. The molecule has 3 aliphatic carbocycles. The molecule has 0 bridgehead atoms. The van der Waals surface area contributed by atoms with Gasteiger partial charge in [-0.15, -0.1) is 0 Å². The highest BCUT2D eigenvalue weighted by Gasteiger charge is 2.63. The van der Waals surface area contributed by atoms with Gasteiger partial charge >= 0.3 is 0 Å². The first-order valence-corrected chi connectivity index (χ1v) is 5.59. The molecule has 2 unspecified atom stereocenters. The summed E-state index contributed by atoms with van der Waals surface area (Å²) in [5.74, 6) is 2.90. The van der Waals surface area contributed by atoms with Gasteiger partial charge in [0.05, 0.1) is 0 Å². The van der Waals surface area contributed by atoms with Crippen LogP contribution in [0.1, 0.15) is 44.9 Å². The van der Waals surface area contributed by atoms with Crippen LogP contribution in [0.25, 0.3) is 0 Å². The highest BCUT2D eigenvalue weighted by molar-refractivity contribution is 5.18. The molecule has 0 aromatic heterocycles. The lowest BCUT2D eigenvalue weighted by molar-refractivity contribution is 0.252. The first kappa shape index (κ1) is 7.37. The van der Waals surface area contributed by atoms with Crippen molar-refractivity contribution < 1.29 is 0 Å². The molecule has 0 spiro atoms. The van der Waals surface area contributed by atoms with E-state index in [1.54, 1.807) is 0 Å². The minimum Gasteiger partial charge on any atom is -0.325 e. The standard InChI is InChI=1S/C11H19N/c12-11(7-8-3-1-4-8)9-5-2-6-10(9)11/h8-10H,1-7,12H2. The van der Waals surface area contributed by atoms with Crippen LogP contribution in [0.15, 0.2) is 0 Å². The highest BCUT2D eigenvalue weighted by Crippen LogP contribution is 2.62. The second-order valence-corrected chi connectivity index (χ2v) is 5.26. The van der Waals surface area contributed by atoms with Gasteiger partial charge in [-0.3, -0.25) is 0 Å². The molecule has 1 heteroatoms. The van der Waals surface area contributed by atoms with E-state index in [1.807, 2.05) is 0 Å². The van der Waals surface area contributed by atoms with Crippen LogP contribution in [-0.2, 0) is 0 Å².